The van der Waals surface area contributed by atoms with Crippen LogP contribution < -0.4 is 0 Å². The zero-order valence-electron chi connectivity index (χ0n) is 15.4. The van der Waals surface area contributed by atoms with E-state index in [9.17, 15) is 14.7 Å². The van der Waals surface area contributed by atoms with E-state index in [0.717, 1.165) is 32.1 Å². The van der Waals surface area contributed by atoms with E-state index in [-0.39, 0.29) is 18.0 Å². The summed E-state index contributed by atoms with van der Waals surface area (Å²) in [6.45, 7) is 2.88. The van der Waals surface area contributed by atoms with E-state index in [1.807, 2.05) is 6.08 Å². The molecule has 142 valence electrons. The molecule has 1 saturated heterocycles. The maximum Gasteiger partial charge on any atom is 0.314 e. The molecule has 0 amide bonds. The molecule has 1 N–H and O–H groups in total. The van der Waals surface area contributed by atoms with E-state index in [1.54, 1.807) is 0 Å². The summed E-state index contributed by atoms with van der Waals surface area (Å²) in [4.78, 5) is 23.5. The number of ketones is 1. The minimum atomic E-state index is -1.03. The van der Waals surface area contributed by atoms with Crippen molar-refractivity contribution in [2.75, 3.05) is 6.61 Å². The lowest BCUT2D eigenvalue weighted by atomic mass is 9.92. The number of carboxylic acids is 1. The summed E-state index contributed by atoms with van der Waals surface area (Å²) < 4.78 is 11.7. The Morgan fingerprint density at radius 1 is 1.24 bits per heavy atom. The number of ether oxygens (including phenoxy) is 2. The molecule has 3 unspecified atom stereocenters. The molecule has 5 heteroatoms. The number of rotatable bonds is 10. The van der Waals surface area contributed by atoms with Gasteiger partial charge in [-0.15, -0.1) is 0 Å². The molecule has 1 aliphatic heterocycles. The highest BCUT2D eigenvalue weighted by atomic mass is 16.7. The standard InChI is InChI=1S/C20H32O5/c1-2-3-4-5-6-7-10-17(25-18-11-8-9-14-24-18)15-12-13-16(21)19(15)20(22)23/h10,15,18-19H,2-9,11-14H2,1H3,(H,22,23). The first-order chi connectivity index (χ1) is 12.1. The second kappa shape index (κ2) is 10.6. The van der Waals surface area contributed by atoms with Crippen LogP contribution in [0.4, 0.5) is 0 Å². The van der Waals surface area contributed by atoms with Crippen molar-refractivity contribution in [3.05, 3.63) is 11.8 Å². The number of carboxylic acid groups (broad SMARTS) is 1. The number of allylic oxidation sites excluding steroid dienone is 2. The lowest BCUT2D eigenvalue weighted by Crippen LogP contribution is -2.29. The maximum atomic E-state index is 12.0. The van der Waals surface area contributed by atoms with Crippen LogP contribution in [0.15, 0.2) is 11.8 Å². The predicted molar refractivity (Wildman–Crippen MR) is 95.0 cm³/mol. The van der Waals surface area contributed by atoms with Gasteiger partial charge in [0, 0.05) is 18.8 Å². The van der Waals surface area contributed by atoms with E-state index >= 15 is 0 Å². The Balaban J connectivity index is 2.00. The smallest absolute Gasteiger partial charge is 0.314 e. The first kappa shape index (κ1) is 20.0. The number of aliphatic carboxylic acids is 1. The molecular formula is C20H32O5. The molecule has 1 aliphatic carbocycles. The van der Waals surface area contributed by atoms with Crippen molar-refractivity contribution < 1.29 is 24.2 Å². The zero-order valence-corrected chi connectivity index (χ0v) is 15.4. The Morgan fingerprint density at radius 2 is 2.04 bits per heavy atom. The van der Waals surface area contributed by atoms with Crippen LogP contribution in [0.2, 0.25) is 0 Å². The molecule has 0 aromatic heterocycles. The predicted octanol–water partition coefficient (Wildman–Crippen LogP) is 4.45. The summed E-state index contributed by atoms with van der Waals surface area (Å²) in [7, 11) is 0. The summed E-state index contributed by atoms with van der Waals surface area (Å²) >= 11 is 0. The van der Waals surface area contributed by atoms with Crippen molar-refractivity contribution in [2.24, 2.45) is 11.8 Å². The normalized spacial score (nSPS) is 27.5. The van der Waals surface area contributed by atoms with E-state index in [0.29, 0.717) is 25.2 Å². The molecule has 2 aliphatic rings. The Hall–Kier alpha value is -1.36. The lowest BCUT2D eigenvalue weighted by molar-refractivity contribution is -0.154. The molecule has 2 fully saturated rings. The van der Waals surface area contributed by atoms with Crippen LogP contribution in [-0.4, -0.2) is 29.8 Å². The fourth-order valence-electron chi connectivity index (χ4n) is 3.70. The van der Waals surface area contributed by atoms with Gasteiger partial charge in [-0.1, -0.05) is 32.6 Å². The number of carbonyl (C=O) groups excluding carboxylic acids is 1. The Labute approximate surface area is 150 Å². The maximum absolute atomic E-state index is 12.0. The third-order valence-electron chi connectivity index (χ3n) is 5.14. The highest BCUT2D eigenvalue weighted by Gasteiger charge is 2.43. The summed E-state index contributed by atoms with van der Waals surface area (Å²) in [5, 5.41) is 9.44. The van der Waals surface area contributed by atoms with Gasteiger partial charge < -0.3 is 14.6 Å². The molecule has 0 spiro atoms. The number of Topliss-reactive ketones (excluding diaryl/α,β-unsaturated/α-hetero) is 1. The van der Waals surface area contributed by atoms with Crippen molar-refractivity contribution in [3.63, 3.8) is 0 Å². The summed E-state index contributed by atoms with van der Waals surface area (Å²) in [5.74, 6) is -1.85. The fourth-order valence-corrected chi connectivity index (χ4v) is 3.70. The highest BCUT2D eigenvalue weighted by Crippen LogP contribution is 2.37. The van der Waals surface area contributed by atoms with Gasteiger partial charge >= 0.3 is 5.97 Å². The van der Waals surface area contributed by atoms with Crippen molar-refractivity contribution >= 4 is 11.8 Å². The lowest BCUT2D eigenvalue weighted by Gasteiger charge is -2.28. The zero-order chi connectivity index (χ0) is 18.1. The third-order valence-corrected chi connectivity index (χ3v) is 5.14. The largest absolute Gasteiger partial charge is 0.481 e. The molecule has 0 aromatic rings. The Bertz CT molecular complexity index is 465. The van der Waals surface area contributed by atoms with Gasteiger partial charge in [0.15, 0.2) is 6.29 Å². The molecule has 1 heterocycles. The van der Waals surface area contributed by atoms with Crippen molar-refractivity contribution in [3.8, 4) is 0 Å². The number of unbranched alkanes of at least 4 members (excludes halogenated alkanes) is 5. The minimum absolute atomic E-state index is 0.181. The van der Waals surface area contributed by atoms with Crippen LogP contribution in [-0.2, 0) is 19.1 Å². The van der Waals surface area contributed by atoms with E-state index in [4.69, 9.17) is 9.47 Å². The van der Waals surface area contributed by atoms with Gasteiger partial charge in [0.1, 0.15) is 11.7 Å². The van der Waals surface area contributed by atoms with Gasteiger partial charge in [-0.25, -0.2) is 0 Å². The Kier molecular flexibility index (Phi) is 8.45. The van der Waals surface area contributed by atoms with Gasteiger partial charge in [-0.2, -0.15) is 0 Å². The molecule has 0 aromatic carbocycles. The van der Waals surface area contributed by atoms with Gasteiger partial charge in [0.2, 0.25) is 0 Å². The second-order valence-electron chi connectivity index (χ2n) is 7.15. The molecule has 0 radical (unpaired) electrons. The van der Waals surface area contributed by atoms with Gasteiger partial charge in [-0.05, 0) is 38.2 Å². The monoisotopic (exact) mass is 352 g/mol. The van der Waals surface area contributed by atoms with E-state index < -0.39 is 11.9 Å². The Morgan fingerprint density at radius 3 is 2.72 bits per heavy atom. The second-order valence-corrected chi connectivity index (χ2v) is 7.15. The third kappa shape index (κ3) is 6.14. The van der Waals surface area contributed by atoms with Gasteiger partial charge in [0.05, 0.1) is 12.4 Å². The van der Waals surface area contributed by atoms with Gasteiger partial charge in [-0.3, -0.25) is 9.59 Å². The molecule has 5 nitrogen and oxygen atoms in total. The average molecular weight is 352 g/mol. The number of carbonyl (C=O) groups is 2. The quantitative estimate of drug-likeness (QED) is 0.357. The fraction of sp³-hybridized carbons (Fsp3) is 0.800. The van der Waals surface area contributed by atoms with Crippen molar-refractivity contribution in [2.45, 2.75) is 83.8 Å². The van der Waals surface area contributed by atoms with Crippen molar-refractivity contribution in [1.29, 1.82) is 0 Å². The van der Waals surface area contributed by atoms with Crippen LogP contribution in [0, 0.1) is 11.8 Å². The number of hydrogen-bond acceptors (Lipinski definition) is 4. The van der Waals surface area contributed by atoms with Crippen LogP contribution in [0.25, 0.3) is 0 Å². The number of hydrogen-bond donors (Lipinski definition) is 1. The summed E-state index contributed by atoms with van der Waals surface area (Å²) in [6.07, 6.45) is 12.3. The molecule has 2 rings (SSSR count). The first-order valence-electron chi connectivity index (χ1n) is 9.87. The molecule has 3 atom stereocenters. The average Bonchev–Trinajstić information content (AvgIpc) is 2.99. The van der Waals surface area contributed by atoms with E-state index in [2.05, 4.69) is 6.92 Å². The van der Waals surface area contributed by atoms with Crippen LogP contribution in [0.1, 0.15) is 77.6 Å². The molecule has 1 saturated carbocycles. The van der Waals surface area contributed by atoms with Gasteiger partial charge in [0.25, 0.3) is 0 Å². The summed E-state index contributed by atoms with van der Waals surface area (Å²) in [6, 6.07) is 0. The topological polar surface area (TPSA) is 72.8 Å². The first-order valence-corrected chi connectivity index (χ1v) is 9.87. The van der Waals surface area contributed by atoms with Crippen molar-refractivity contribution in [1.82, 2.24) is 0 Å². The molecular weight excluding hydrogens is 320 g/mol. The highest BCUT2D eigenvalue weighted by molar-refractivity contribution is 6.00. The minimum Gasteiger partial charge on any atom is -0.481 e. The van der Waals surface area contributed by atoms with Crippen LogP contribution >= 0.6 is 0 Å². The molecule has 25 heavy (non-hydrogen) atoms. The van der Waals surface area contributed by atoms with Crippen LogP contribution in [0.3, 0.4) is 0 Å². The summed E-state index contributed by atoms with van der Waals surface area (Å²) in [5.41, 5.74) is 0. The SMILES string of the molecule is CCCCCCCC=C(OC1CCCCO1)C1CCC(=O)C1C(=O)O. The van der Waals surface area contributed by atoms with Crippen LogP contribution in [0.5, 0.6) is 0 Å². The molecule has 0 bridgehead atoms. The van der Waals surface area contributed by atoms with E-state index in [1.165, 1.54) is 25.7 Å².